The fraction of sp³-hybridized carbons (Fsp3) is 0.500. The van der Waals surface area contributed by atoms with Crippen molar-refractivity contribution in [2.45, 2.75) is 63.9 Å². The number of fused-ring (bicyclic) bond motifs is 1. The van der Waals surface area contributed by atoms with Crippen LogP contribution in [0.4, 0.5) is 18.9 Å². The number of aryl methyl sites for hydroxylation is 1. The molecular formula is C30H34F3N5O2. The number of ether oxygens (including phenoxy) is 1. The van der Waals surface area contributed by atoms with Crippen LogP contribution < -0.4 is 4.90 Å². The number of amides is 1. The van der Waals surface area contributed by atoms with Crippen LogP contribution >= 0.6 is 0 Å². The summed E-state index contributed by atoms with van der Waals surface area (Å²) in [5, 5.41) is 8.48. The Labute approximate surface area is 231 Å². The molecule has 1 saturated carbocycles. The van der Waals surface area contributed by atoms with Crippen LogP contribution in [0.25, 0.3) is 0 Å². The standard InChI is InChI=1S/C30H34F3N5O2/c1-4-23-16-37(8-9-40-23)15-20-10-24-25(26(11-20)30(31,32)33)17-38(27(24)39)22-7-5-6-21(12-22)29(13-19(2)14-29)28-35-34-18-36(28)3/h5-7,10-12,18-19,23H,4,8-9,13-17H2,1-3H3/t19?,23-,29?/m1/s1. The van der Waals surface area contributed by atoms with E-state index in [0.29, 0.717) is 43.4 Å². The predicted octanol–water partition coefficient (Wildman–Crippen LogP) is 5.32. The molecule has 10 heteroatoms. The molecule has 1 atom stereocenters. The number of halogens is 3. The molecule has 0 spiro atoms. The van der Waals surface area contributed by atoms with Gasteiger partial charge in [-0.2, -0.15) is 13.2 Å². The summed E-state index contributed by atoms with van der Waals surface area (Å²) in [6, 6.07) is 10.5. The highest BCUT2D eigenvalue weighted by atomic mass is 19.4. The van der Waals surface area contributed by atoms with E-state index in [4.69, 9.17) is 4.74 Å². The van der Waals surface area contributed by atoms with Crippen LogP contribution in [-0.2, 0) is 36.5 Å². The second-order valence-corrected chi connectivity index (χ2v) is 11.6. The fourth-order valence-corrected chi connectivity index (χ4v) is 6.82. The number of anilines is 1. The number of alkyl halides is 3. The number of rotatable bonds is 6. The van der Waals surface area contributed by atoms with Gasteiger partial charge in [0.15, 0.2) is 0 Å². The Kier molecular flexibility index (Phi) is 6.73. The minimum absolute atomic E-state index is 0.0420. The third kappa shape index (κ3) is 4.60. The Balaban J connectivity index is 1.33. The van der Waals surface area contributed by atoms with Crippen LogP contribution in [0.5, 0.6) is 0 Å². The quantitative estimate of drug-likeness (QED) is 0.414. The van der Waals surface area contributed by atoms with Crippen molar-refractivity contribution in [1.29, 1.82) is 0 Å². The normalized spacial score (nSPS) is 25.2. The van der Waals surface area contributed by atoms with E-state index in [9.17, 15) is 18.0 Å². The van der Waals surface area contributed by atoms with Gasteiger partial charge in [-0.15, -0.1) is 10.2 Å². The molecule has 6 rings (SSSR count). The minimum Gasteiger partial charge on any atom is -0.376 e. The molecule has 212 valence electrons. The molecule has 3 aliphatic rings. The first-order chi connectivity index (χ1) is 19.1. The number of nitrogens with zero attached hydrogens (tertiary/aromatic N) is 5. The monoisotopic (exact) mass is 553 g/mol. The molecule has 7 nitrogen and oxygen atoms in total. The molecule has 0 unspecified atom stereocenters. The first kappa shape index (κ1) is 27.0. The van der Waals surface area contributed by atoms with Crippen LogP contribution in [0.15, 0.2) is 42.7 Å². The van der Waals surface area contributed by atoms with Crippen LogP contribution in [0, 0.1) is 5.92 Å². The predicted molar refractivity (Wildman–Crippen MR) is 144 cm³/mol. The van der Waals surface area contributed by atoms with Gasteiger partial charge in [0.2, 0.25) is 0 Å². The third-order valence-electron chi connectivity index (χ3n) is 8.73. The zero-order valence-corrected chi connectivity index (χ0v) is 23.0. The van der Waals surface area contributed by atoms with Crippen molar-refractivity contribution in [3.63, 3.8) is 0 Å². The first-order valence-corrected chi connectivity index (χ1v) is 13.9. The van der Waals surface area contributed by atoms with Crippen molar-refractivity contribution >= 4 is 11.6 Å². The van der Waals surface area contributed by atoms with Gasteiger partial charge in [0, 0.05) is 37.9 Å². The zero-order valence-electron chi connectivity index (χ0n) is 23.0. The van der Waals surface area contributed by atoms with E-state index in [-0.39, 0.29) is 29.2 Å². The zero-order chi connectivity index (χ0) is 28.2. The lowest BCUT2D eigenvalue weighted by molar-refractivity contribution is -0.138. The second kappa shape index (κ2) is 9.99. The number of carbonyl (C=O) groups excluding carboxylic acids is 1. The summed E-state index contributed by atoms with van der Waals surface area (Å²) < 4.78 is 50.5. The molecule has 1 amide bonds. The highest BCUT2D eigenvalue weighted by molar-refractivity contribution is 6.10. The van der Waals surface area contributed by atoms with Crippen molar-refractivity contribution in [3.05, 3.63) is 76.4 Å². The minimum atomic E-state index is -4.56. The average molecular weight is 554 g/mol. The SMILES string of the molecule is CC[C@@H]1CN(Cc2cc3c(c(C(F)(F)F)c2)CN(c2cccc(C4(c5nncn5C)CC(C)C4)c2)C3=O)CCO1. The Morgan fingerprint density at radius 2 is 1.98 bits per heavy atom. The molecule has 2 fully saturated rings. The summed E-state index contributed by atoms with van der Waals surface area (Å²) in [6.07, 6.45) is -0.193. The smallest absolute Gasteiger partial charge is 0.376 e. The summed E-state index contributed by atoms with van der Waals surface area (Å²) in [6.45, 7) is 6.31. The largest absolute Gasteiger partial charge is 0.416 e. The van der Waals surface area contributed by atoms with Crippen molar-refractivity contribution in [2.75, 3.05) is 24.6 Å². The summed E-state index contributed by atoms with van der Waals surface area (Å²) in [5.74, 6) is 0.962. The topological polar surface area (TPSA) is 63.5 Å². The summed E-state index contributed by atoms with van der Waals surface area (Å²) in [5.41, 5.74) is 1.20. The lowest BCUT2D eigenvalue weighted by Gasteiger charge is -2.46. The number of morpholine rings is 1. The van der Waals surface area contributed by atoms with E-state index in [1.807, 2.05) is 36.7 Å². The number of carbonyl (C=O) groups is 1. The van der Waals surface area contributed by atoms with Gasteiger partial charge in [-0.1, -0.05) is 26.0 Å². The fourth-order valence-electron chi connectivity index (χ4n) is 6.82. The first-order valence-electron chi connectivity index (χ1n) is 13.9. The molecule has 40 heavy (non-hydrogen) atoms. The van der Waals surface area contributed by atoms with Crippen LogP contribution in [0.1, 0.15) is 71.5 Å². The van der Waals surface area contributed by atoms with Crippen molar-refractivity contribution in [1.82, 2.24) is 19.7 Å². The lowest BCUT2D eigenvalue weighted by atomic mass is 9.58. The molecule has 1 saturated heterocycles. The Hall–Kier alpha value is -3.24. The van der Waals surface area contributed by atoms with E-state index < -0.39 is 17.6 Å². The van der Waals surface area contributed by atoms with E-state index in [0.717, 1.165) is 30.7 Å². The van der Waals surface area contributed by atoms with E-state index >= 15 is 0 Å². The van der Waals surface area contributed by atoms with Gasteiger partial charge in [0.25, 0.3) is 5.91 Å². The van der Waals surface area contributed by atoms with Crippen LogP contribution in [0.3, 0.4) is 0 Å². The van der Waals surface area contributed by atoms with E-state index in [1.165, 1.54) is 11.0 Å². The van der Waals surface area contributed by atoms with Crippen molar-refractivity contribution in [3.8, 4) is 0 Å². The van der Waals surface area contributed by atoms with Crippen LogP contribution in [-0.4, -0.2) is 51.4 Å². The number of benzene rings is 2. The maximum atomic E-state index is 14.3. The average Bonchev–Trinajstić information content (AvgIpc) is 3.49. The summed E-state index contributed by atoms with van der Waals surface area (Å²) in [7, 11) is 1.92. The Morgan fingerprint density at radius 3 is 2.65 bits per heavy atom. The maximum Gasteiger partial charge on any atom is 0.416 e. The second-order valence-electron chi connectivity index (χ2n) is 11.6. The molecule has 0 radical (unpaired) electrons. The van der Waals surface area contributed by atoms with Gasteiger partial charge in [-0.05, 0) is 66.1 Å². The molecule has 3 heterocycles. The molecule has 1 aromatic heterocycles. The van der Waals surface area contributed by atoms with Gasteiger partial charge in [0.05, 0.1) is 30.2 Å². The summed E-state index contributed by atoms with van der Waals surface area (Å²) >= 11 is 0. The molecule has 2 aliphatic heterocycles. The maximum absolute atomic E-state index is 14.3. The van der Waals surface area contributed by atoms with Crippen LogP contribution in [0.2, 0.25) is 0 Å². The third-order valence-corrected chi connectivity index (χ3v) is 8.73. The van der Waals surface area contributed by atoms with Crippen molar-refractivity contribution in [2.24, 2.45) is 13.0 Å². The molecule has 2 aromatic carbocycles. The van der Waals surface area contributed by atoms with E-state index in [1.54, 1.807) is 18.5 Å². The van der Waals surface area contributed by atoms with Crippen molar-refractivity contribution < 1.29 is 22.7 Å². The highest BCUT2D eigenvalue weighted by Crippen LogP contribution is 2.52. The van der Waals surface area contributed by atoms with Gasteiger partial charge >= 0.3 is 6.18 Å². The van der Waals surface area contributed by atoms with Gasteiger partial charge in [0.1, 0.15) is 12.2 Å². The summed E-state index contributed by atoms with van der Waals surface area (Å²) in [4.78, 5) is 17.3. The Bertz CT molecular complexity index is 1430. The molecule has 0 N–H and O–H groups in total. The van der Waals surface area contributed by atoms with Gasteiger partial charge in [-0.25, -0.2) is 0 Å². The number of hydrogen-bond acceptors (Lipinski definition) is 5. The Morgan fingerprint density at radius 1 is 1.18 bits per heavy atom. The van der Waals surface area contributed by atoms with Gasteiger partial charge < -0.3 is 14.2 Å². The molecule has 1 aliphatic carbocycles. The lowest BCUT2D eigenvalue weighted by Crippen LogP contribution is -2.43. The van der Waals surface area contributed by atoms with Gasteiger partial charge in [-0.3, -0.25) is 9.69 Å². The molecule has 0 bridgehead atoms. The molecular weight excluding hydrogens is 519 g/mol. The number of hydrogen-bond donors (Lipinski definition) is 0. The van der Waals surface area contributed by atoms with E-state index in [2.05, 4.69) is 22.0 Å². The molecule has 3 aromatic rings. The number of aromatic nitrogens is 3. The highest BCUT2D eigenvalue weighted by Gasteiger charge is 2.48.